The lowest BCUT2D eigenvalue weighted by Crippen LogP contribution is -1.96. The fourth-order valence-corrected chi connectivity index (χ4v) is 4.75. The van der Waals surface area contributed by atoms with E-state index in [0.29, 0.717) is 23.7 Å². The lowest BCUT2D eigenvalue weighted by Gasteiger charge is -2.15. The summed E-state index contributed by atoms with van der Waals surface area (Å²) in [6, 6.07) is 28.9. The Hall–Kier alpha value is -2.99. The van der Waals surface area contributed by atoms with Gasteiger partial charge in [-0.2, -0.15) is 0 Å². The van der Waals surface area contributed by atoms with Gasteiger partial charge in [-0.15, -0.1) is 0 Å². The minimum atomic E-state index is 0.403. The molecule has 0 aliphatic heterocycles. The van der Waals surface area contributed by atoms with Crippen LogP contribution in [-0.2, 0) is 0 Å². The van der Waals surface area contributed by atoms with E-state index in [9.17, 15) is 0 Å². The summed E-state index contributed by atoms with van der Waals surface area (Å²) >= 11 is 2.32. The highest BCUT2D eigenvalue weighted by Gasteiger charge is 2.11. The van der Waals surface area contributed by atoms with Crippen molar-refractivity contribution in [1.29, 1.82) is 0 Å². The summed E-state index contributed by atoms with van der Waals surface area (Å²) < 4.78 is 13.3. The lowest BCUT2D eigenvalue weighted by molar-refractivity contribution is 0.472. The van der Waals surface area contributed by atoms with E-state index >= 15 is 0 Å². The summed E-state index contributed by atoms with van der Waals surface area (Å²) in [6.07, 6.45) is 0. The number of rotatable bonds is 8. The van der Waals surface area contributed by atoms with Gasteiger partial charge in [0.25, 0.3) is 0 Å². The third kappa shape index (κ3) is 9.02. The van der Waals surface area contributed by atoms with Crippen LogP contribution in [0, 0.1) is 3.57 Å². The van der Waals surface area contributed by atoms with E-state index in [-0.39, 0.29) is 0 Å². The van der Waals surface area contributed by atoms with Crippen molar-refractivity contribution in [3.8, 4) is 23.0 Å². The van der Waals surface area contributed by atoms with Gasteiger partial charge >= 0.3 is 0 Å². The average Bonchev–Trinajstić information content (AvgIpc) is 2.89. The van der Waals surface area contributed by atoms with E-state index in [2.05, 4.69) is 133 Å². The van der Waals surface area contributed by atoms with E-state index in [1.807, 2.05) is 30.3 Å². The van der Waals surface area contributed by atoms with Crippen molar-refractivity contribution in [3.63, 3.8) is 0 Å². The van der Waals surface area contributed by atoms with Crippen LogP contribution in [0.25, 0.3) is 0 Å². The number of hydrogen-bond donors (Lipinski definition) is 1. The molecule has 0 radical (unpaired) electrons. The first-order chi connectivity index (χ1) is 18.9. The zero-order valence-corrected chi connectivity index (χ0v) is 27.3. The molecule has 0 atom stereocenters. The van der Waals surface area contributed by atoms with Crippen molar-refractivity contribution >= 4 is 28.3 Å². The van der Waals surface area contributed by atoms with Gasteiger partial charge in [-0.3, -0.25) is 0 Å². The van der Waals surface area contributed by atoms with E-state index in [0.717, 1.165) is 28.7 Å². The molecule has 4 heteroatoms. The van der Waals surface area contributed by atoms with Crippen LogP contribution >= 0.6 is 22.6 Å². The molecule has 0 aliphatic rings. The van der Waals surface area contributed by atoms with Crippen molar-refractivity contribution in [2.75, 3.05) is 5.73 Å². The molecule has 0 spiro atoms. The highest BCUT2D eigenvalue weighted by Crippen LogP contribution is 2.34. The molecule has 3 nitrogen and oxygen atoms in total. The van der Waals surface area contributed by atoms with Gasteiger partial charge in [-0.1, -0.05) is 91.8 Å². The third-order valence-corrected chi connectivity index (χ3v) is 7.48. The zero-order chi connectivity index (χ0) is 29.4. The number of nitrogens with two attached hydrogens (primary N) is 1. The molecule has 4 aromatic carbocycles. The fraction of sp³-hybridized carbons (Fsp3) is 0.333. The SMILES string of the molecule is CC(C)c1ccc(Oc2cc(I)ccc2C(C)C)cc1.CC(C)c1ccc(Oc2cc(N)ccc2C(C)C)cc1. The van der Waals surface area contributed by atoms with Crippen LogP contribution < -0.4 is 15.2 Å². The molecule has 0 saturated heterocycles. The number of ether oxygens (including phenoxy) is 2. The molecule has 4 rings (SSSR count). The van der Waals surface area contributed by atoms with Crippen LogP contribution in [-0.4, -0.2) is 0 Å². The Labute approximate surface area is 255 Å². The van der Waals surface area contributed by atoms with Gasteiger partial charge in [0.2, 0.25) is 0 Å². The van der Waals surface area contributed by atoms with Crippen molar-refractivity contribution in [2.45, 2.75) is 79.1 Å². The molecule has 0 unspecified atom stereocenters. The highest BCUT2D eigenvalue weighted by atomic mass is 127. The summed E-state index contributed by atoms with van der Waals surface area (Å²) in [5.41, 5.74) is 11.7. The Balaban J connectivity index is 0.000000220. The normalized spacial score (nSPS) is 11.1. The minimum Gasteiger partial charge on any atom is -0.457 e. The van der Waals surface area contributed by atoms with Crippen molar-refractivity contribution in [1.82, 2.24) is 0 Å². The number of anilines is 1. The van der Waals surface area contributed by atoms with Crippen molar-refractivity contribution < 1.29 is 9.47 Å². The van der Waals surface area contributed by atoms with Crippen LogP contribution in [0.2, 0.25) is 0 Å². The molecule has 4 aromatic rings. The molecule has 2 N–H and O–H groups in total. The third-order valence-electron chi connectivity index (χ3n) is 6.81. The van der Waals surface area contributed by atoms with E-state index in [1.54, 1.807) is 0 Å². The zero-order valence-electron chi connectivity index (χ0n) is 25.2. The average molecular weight is 650 g/mol. The first kappa shape index (κ1) is 31.5. The van der Waals surface area contributed by atoms with E-state index < -0.39 is 0 Å². The Bertz CT molecular complexity index is 1250. The molecule has 0 fully saturated rings. The summed E-state index contributed by atoms with van der Waals surface area (Å²) in [6.45, 7) is 17.5. The number of hydrogen-bond acceptors (Lipinski definition) is 3. The standard InChI is InChI=1S/C18H21IO.C18H23NO/c2*1-12(2)14-5-8-16(9-6-14)20-18-11-15(19)7-10-17(18)13(3)4/h5-13H,1-4H3;5-13H,19H2,1-4H3. The molecular formula is C36H44INO2. The second-order valence-electron chi connectivity index (χ2n) is 11.4. The van der Waals surface area contributed by atoms with Gasteiger partial charge in [0, 0.05) is 15.3 Å². The minimum absolute atomic E-state index is 0.403. The van der Waals surface area contributed by atoms with Crippen LogP contribution in [0.1, 0.15) is 101 Å². The van der Waals surface area contributed by atoms with Crippen LogP contribution in [0.4, 0.5) is 5.69 Å². The second-order valence-corrected chi connectivity index (χ2v) is 12.7. The first-order valence-corrected chi connectivity index (χ1v) is 15.3. The predicted molar refractivity (Wildman–Crippen MR) is 179 cm³/mol. The van der Waals surface area contributed by atoms with Crippen molar-refractivity contribution in [3.05, 3.63) is 111 Å². The molecule has 0 heterocycles. The van der Waals surface area contributed by atoms with Crippen LogP contribution in [0.15, 0.2) is 84.9 Å². The fourth-order valence-electron chi connectivity index (χ4n) is 4.29. The predicted octanol–water partition coefficient (Wildman–Crippen LogP) is 11.6. The molecule has 0 aromatic heterocycles. The molecule has 0 bridgehead atoms. The largest absolute Gasteiger partial charge is 0.457 e. The smallest absolute Gasteiger partial charge is 0.132 e. The molecule has 0 aliphatic carbocycles. The summed E-state index contributed by atoms with van der Waals surface area (Å²) in [5, 5.41) is 0. The van der Waals surface area contributed by atoms with Crippen molar-refractivity contribution in [2.24, 2.45) is 0 Å². The first-order valence-electron chi connectivity index (χ1n) is 14.2. The Morgan fingerprint density at radius 3 is 1.30 bits per heavy atom. The van der Waals surface area contributed by atoms with Gasteiger partial charge in [0.15, 0.2) is 0 Å². The Morgan fingerprint density at radius 2 is 0.900 bits per heavy atom. The summed E-state index contributed by atoms with van der Waals surface area (Å²) in [4.78, 5) is 0. The maximum Gasteiger partial charge on any atom is 0.132 e. The molecule has 0 saturated carbocycles. The molecule has 212 valence electrons. The van der Waals surface area contributed by atoms with Gasteiger partial charge in [0.05, 0.1) is 0 Å². The van der Waals surface area contributed by atoms with Gasteiger partial charge in [-0.25, -0.2) is 0 Å². The molecule has 0 amide bonds. The Kier molecular flexibility index (Phi) is 11.5. The van der Waals surface area contributed by atoms with Gasteiger partial charge in [0.1, 0.15) is 23.0 Å². The summed E-state index contributed by atoms with van der Waals surface area (Å²) in [5.74, 6) is 5.50. The van der Waals surface area contributed by atoms with Crippen LogP contribution in [0.5, 0.6) is 23.0 Å². The maximum atomic E-state index is 6.08. The molecular weight excluding hydrogens is 605 g/mol. The lowest BCUT2D eigenvalue weighted by atomic mass is 10.0. The maximum absolute atomic E-state index is 6.08. The number of nitrogen functional groups attached to an aromatic ring is 1. The highest BCUT2D eigenvalue weighted by molar-refractivity contribution is 14.1. The van der Waals surface area contributed by atoms with Crippen LogP contribution in [0.3, 0.4) is 0 Å². The summed E-state index contributed by atoms with van der Waals surface area (Å²) in [7, 11) is 0. The quantitative estimate of drug-likeness (QED) is 0.153. The van der Waals surface area contributed by atoms with Gasteiger partial charge in [-0.05, 0) is 111 Å². The number of benzene rings is 4. The topological polar surface area (TPSA) is 44.5 Å². The second kappa shape index (κ2) is 14.6. The molecule has 40 heavy (non-hydrogen) atoms. The Morgan fingerprint density at radius 1 is 0.500 bits per heavy atom. The monoisotopic (exact) mass is 649 g/mol. The van der Waals surface area contributed by atoms with E-state index in [1.165, 1.54) is 25.8 Å². The van der Waals surface area contributed by atoms with Gasteiger partial charge < -0.3 is 15.2 Å². The number of halogens is 1. The van der Waals surface area contributed by atoms with E-state index in [4.69, 9.17) is 15.2 Å².